The third kappa shape index (κ3) is 4.37. The summed E-state index contributed by atoms with van der Waals surface area (Å²) in [7, 11) is 0. The van der Waals surface area contributed by atoms with Gasteiger partial charge in [-0.1, -0.05) is 6.92 Å². The largest absolute Gasteiger partial charge is 0.433 e. The Labute approximate surface area is 114 Å². The van der Waals surface area contributed by atoms with Crippen LogP contribution in [0.3, 0.4) is 0 Å². The highest BCUT2D eigenvalue weighted by Gasteiger charge is 2.33. The maximum atomic E-state index is 12.6. The van der Waals surface area contributed by atoms with Gasteiger partial charge in [-0.05, 0) is 24.5 Å². The Hall–Kier alpha value is -1.83. The maximum Gasteiger partial charge on any atom is 0.433 e. The minimum absolute atomic E-state index is 0.0112. The van der Waals surface area contributed by atoms with Gasteiger partial charge >= 0.3 is 6.18 Å². The molecule has 1 aromatic heterocycles. The van der Waals surface area contributed by atoms with Gasteiger partial charge in [-0.25, -0.2) is 4.98 Å². The van der Waals surface area contributed by atoms with Crippen molar-refractivity contribution in [2.75, 3.05) is 18.5 Å². The van der Waals surface area contributed by atoms with Gasteiger partial charge in [0.05, 0.1) is 5.56 Å². The molecule has 20 heavy (non-hydrogen) atoms. The second-order valence-electron chi connectivity index (χ2n) is 4.45. The summed E-state index contributed by atoms with van der Waals surface area (Å²) in [6.45, 7) is 2.05. The first kappa shape index (κ1) is 16.2. The van der Waals surface area contributed by atoms with E-state index >= 15 is 0 Å². The number of amides is 1. The molecule has 1 heterocycles. The molecule has 0 radical (unpaired) electrons. The number of nitrogens with one attached hydrogen (secondary N) is 1. The molecule has 0 bridgehead atoms. The summed E-state index contributed by atoms with van der Waals surface area (Å²) in [4.78, 5) is 14.6. The van der Waals surface area contributed by atoms with Crippen molar-refractivity contribution in [2.45, 2.75) is 19.5 Å². The summed E-state index contributed by atoms with van der Waals surface area (Å²) >= 11 is 0. The number of halogens is 3. The van der Waals surface area contributed by atoms with Crippen molar-refractivity contribution in [2.24, 2.45) is 11.7 Å². The summed E-state index contributed by atoms with van der Waals surface area (Å²) in [5.41, 5.74) is 3.90. The SMILES string of the molecule is CC(CCO)CNc1nc(C(F)(F)F)ccc1C(N)=O. The van der Waals surface area contributed by atoms with Gasteiger partial charge in [-0.15, -0.1) is 0 Å². The molecule has 112 valence electrons. The third-order valence-electron chi connectivity index (χ3n) is 2.69. The Morgan fingerprint density at radius 1 is 1.50 bits per heavy atom. The molecule has 1 aromatic rings. The molecule has 0 aliphatic rings. The molecule has 1 unspecified atom stereocenters. The second kappa shape index (κ2) is 6.56. The van der Waals surface area contributed by atoms with Crippen LogP contribution in [-0.2, 0) is 6.18 Å². The van der Waals surface area contributed by atoms with E-state index < -0.39 is 17.8 Å². The van der Waals surface area contributed by atoms with Crippen molar-refractivity contribution in [3.05, 3.63) is 23.4 Å². The summed E-state index contributed by atoms with van der Waals surface area (Å²) in [5.74, 6) is -1.04. The topological polar surface area (TPSA) is 88.2 Å². The number of hydrogen-bond donors (Lipinski definition) is 3. The Morgan fingerprint density at radius 3 is 2.65 bits per heavy atom. The molecule has 0 aliphatic carbocycles. The van der Waals surface area contributed by atoms with Gasteiger partial charge in [-0.2, -0.15) is 13.2 Å². The highest BCUT2D eigenvalue weighted by atomic mass is 19.4. The zero-order valence-corrected chi connectivity index (χ0v) is 10.9. The molecule has 1 atom stereocenters. The number of hydrogen-bond acceptors (Lipinski definition) is 4. The van der Waals surface area contributed by atoms with E-state index in [0.717, 1.165) is 6.07 Å². The summed E-state index contributed by atoms with van der Waals surface area (Å²) in [6, 6.07) is 1.71. The van der Waals surface area contributed by atoms with Crippen LogP contribution < -0.4 is 11.1 Å². The van der Waals surface area contributed by atoms with E-state index in [1.54, 1.807) is 6.92 Å². The quantitative estimate of drug-likeness (QED) is 0.743. The number of aliphatic hydroxyl groups excluding tert-OH is 1. The van der Waals surface area contributed by atoms with Crippen molar-refractivity contribution in [1.29, 1.82) is 0 Å². The van der Waals surface area contributed by atoms with E-state index in [4.69, 9.17) is 10.8 Å². The number of carbonyl (C=O) groups excluding carboxylic acids is 1. The smallest absolute Gasteiger partial charge is 0.396 e. The lowest BCUT2D eigenvalue weighted by molar-refractivity contribution is -0.141. The zero-order chi connectivity index (χ0) is 15.3. The predicted molar refractivity (Wildman–Crippen MR) is 67.1 cm³/mol. The summed E-state index contributed by atoms with van der Waals surface area (Å²) < 4.78 is 37.7. The number of aliphatic hydroxyl groups is 1. The Kier molecular flexibility index (Phi) is 5.32. The van der Waals surface area contributed by atoms with E-state index in [-0.39, 0.29) is 30.5 Å². The molecule has 0 spiro atoms. The number of nitrogens with zero attached hydrogens (tertiary/aromatic N) is 1. The Morgan fingerprint density at radius 2 is 2.15 bits per heavy atom. The molecule has 0 saturated heterocycles. The highest BCUT2D eigenvalue weighted by Crippen LogP contribution is 2.29. The number of anilines is 1. The number of primary amides is 1. The third-order valence-corrected chi connectivity index (χ3v) is 2.69. The molecule has 8 heteroatoms. The van der Waals surface area contributed by atoms with Crippen LogP contribution in [0.15, 0.2) is 12.1 Å². The Balaban J connectivity index is 2.98. The van der Waals surface area contributed by atoms with E-state index in [1.165, 1.54) is 0 Å². The van der Waals surface area contributed by atoms with Crippen molar-refractivity contribution < 1.29 is 23.1 Å². The van der Waals surface area contributed by atoms with Crippen LogP contribution in [0, 0.1) is 5.92 Å². The van der Waals surface area contributed by atoms with E-state index in [0.29, 0.717) is 12.5 Å². The number of aromatic nitrogens is 1. The number of rotatable bonds is 6. The van der Waals surface area contributed by atoms with Crippen LogP contribution >= 0.6 is 0 Å². The maximum absolute atomic E-state index is 12.6. The first-order valence-electron chi connectivity index (χ1n) is 5.98. The van der Waals surface area contributed by atoms with E-state index in [1.807, 2.05) is 0 Å². The zero-order valence-electron chi connectivity index (χ0n) is 10.9. The molecule has 4 N–H and O–H groups in total. The van der Waals surface area contributed by atoms with E-state index in [9.17, 15) is 18.0 Å². The Bertz CT molecular complexity index is 478. The fourth-order valence-electron chi connectivity index (χ4n) is 1.54. The minimum atomic E-state index is -4.59. The fraction of sp³-hybridized carbons (Fsp3) is 0.500. The lowest BCUT2D eigenvalue weighted by Gasteiger charge is -2.15. The predicted octanol–water partition coefficient (Wildman–Crippen LogP) is 1.63. The monoisotopic (exact) mass is 291 g/mol. The molecular weight excluding hydrogens is 275 g/mol. The second-order valence-corrected chi connectivity index (χ2v) is 4.45. The van der Waals surface area contributed by atoms with Gasteiger partial charge in [0, 0.05) is 13.2 Å². The lowest BCUT2D eigenvalue weighted by Crippen LogP contribution is -2.21. The van der Waals surface area contributed by atoms with Crippen LogP contribution in [0.5, 0.6) is 0 Å². The van der Waals surface area contributed by atoms with Crippen LogP contribution in [0.25, 0.3) is 0 Å². The van der Waals surface area contributed by atoms with Gasteiger partial charge in [0.25, 0.3) is 5.91 Å². The van der Waals surface area contributed by atoms with Gasteiger partial charge < -0.3 is 16.2 Å². The average molecular weight is 291 g/mol. The number of pyridine rings is 1. The van der Waals surface area contributed by atoms with Crippen LogP contribution in [-0.4, -0.2) is 29.1 Å². The van der Waals surface area contributed by atoms with Crippen molar-refractivity contribution in [1.82, 2.24) is 4.98 Å². The van der Waals surface area contributed by atoms with Gasteiger partial charge in [0.15, 0.2) is 0 Å². The highest BCUT2D eigenvalue weighted by molar-refractivity contribution is 5.97. The van der Waals surface area contributed by atoms with E-state index in [2.05, 4.69) is 10.3 Å². The first-order valence-corrected chi connectivity index (χ1v) is 5.98. The van der Waals surface area contributed by atoms with Crippen LogP contribution in [0.1, 0.15) is 29.4 Å². The van der Waals surface area contributed by atoms with Gasteiger partial charge in [0.1, 0.15) is 11.5 Å². The van der Waals surface area contributed by atoms with Crippen molar-refractivity contribution in [3.8, 4) is 0 Å². The summed E-state index contributed by atoms with van der Waals surface area (Å²) in [6.07, 6.45) is -4.11. The molecule has 0 aliphatic heterocycles. The van der Waals surface area contributed by atoms with Crippen LogP contribution in [0.2, 0.25) is 0 Å². The normalized spacial score (nSPS) is 13.1. The minimum Gasteiger partial charge on any atom is -0.396 e. The summed E-state index contributed by atoms with van der Waals surface area (Å²) in [5, 5.41) is 11.4. The number of alkyl halides is 3. The molecule has 1 amide bonds. The standard InChI is InChI=1S/C12H16F3N3O2/c1-7(4-5-19)6-17-11-8(10(16)20)2-3-9(18-11)12(13,14)15/h2-3,7,19H,4-6H2,1H3,(H2,16,20)(H,17,18). The number of carbonyl (C=O) groups is 1. The van der Waals surface area contributed by atoms with Crippen molar-refractivity contribution in [3.63, 3.8) is 0 Å². The molecule has 0 aromatic carbocycles. The molecular formula is C12H16F3N3O2. The van der Waals surface area contributed by atoms with Crippen LogP contribution in [0.4, 0.5) is 19.0 Å². The van der Waals surface area contributed by atoms with Gasteiger partial charge in [-0.3, -0.25) is 4.79 Å². The average Bonchev–Trinajstić information content (AvgIpc) is 2.35. The molecule has 1 rings (SSSR count). The molecule has 0 saturated carbocycles. The molecule has 0 fully saturated rings. The number of nitrogens with two attached hydrogens (primary N) is 1. The lowest BCUT2D eigenvalue weighted by atomic mass is 10.1. The fourth-order valence-corrected chi connectivity index (χ4v) is 1.54. The first-order chi connectivity index (χ1) is 9.25. The van der Waals surface area contributed by atoms with Gasteiger partial charge in [0.2, 0.25) is 0 Å². The van der Waals surface area contributed by atoms with Crippen molar-refractivity contribution >= 4 is 11.7 Å². The molecule has 5 nitrogen and oxygen atoms in total.